The maximum atomic E-state index is 2.39. The van der Waals surface area contributed by atoms with Crippen molar-refractivity contribution in [3.8, 4) is 0 Å². The molecular formula is C13H9IS. The van der Waals surface area contributed by atoms with Gasteiger partial charge in [-0.1, -0.05) is 18.2 Å². The Kier molecular flexibility index (Phi) is 2.21. The normalized spacial score (nSPS) is 11.3. The highest BCUT2D eigenvalue weighted by Crippen LogP contribution is 2.36. The van der Waals surface area contributed by atoms with E-state index in [1.807, 2.05) is 11.3 Å². The predicted molar refractivity (Wildman–Crippen MR) is 76.8 cm³/mol. The monoisotopic (exact) mass is 324 g/mol. The third-order valence-corrected chi connectivity index (χ3v) is 4.57. The second-order valence-corrected chi connectivity index (χ2v) is 6.00. The van der Waals surface area contributed by atoms with Gasteiger partial charge in [-0.3, -0.25) is 0 Å². The molecule has 0 bridgehead atoms. The Labute approximate surface area is 106 Å². The molecule has 0 fully saturated rings. The largest absolute Gasteiger partial charge is 0.135 e. The van der Waals surface area contributed by atoms with Crippen LogP contribution in [-0.4, -0.2) is 0 Å². The summed E-state index contributed by atoms with van der Waals surface area (Å²) in [6.45, 7) is 2.19. The van der Waals surface area contributed by atoms with E-state index >= 15 is 0 Å². The van der Waals surface area contributed by atoms with Crippen molar-refractivity contribution >= 4 is 54.1 Å². The summed E-state index contributed by atoms with van der Waals surface area (Å²) in [7, 11) is 0. The van der Waals surface area contributed by atoms with E-state index in [9.17, 15) is 0 Å². The second kappa shape index (κ2) is 3.46. The first-order valence-corrected chi connectivity index (χ1v) is 6.72. The van der Waals surface area contributed by atoms with Gasteiger partial charge < -0.3 is 0 Å². The molecular weight excluding hydrogens is 315 g/mol. The Balaban J connectivity index is 2.61. The molecule has 1 aromatic heterocycles. The molecule has 0 aliphatic rings. The Morgan fingerprint density at radius 3 is 2.73 bits per heavy atom. The SMILES string of the molecule is Cc1cc(I)cc2c1sc1ccccc12. The van der Waals surface area contributed by atoms with Crippen LogP contribution in [0, 0.1) is 10.5 Å². The summed E-state index contributed by atoms with van der Waals surface area (Å²) in [5, 5.41) is 2.79. The van der Waals surface area contributed by atoms with E-state index in [2.05, 4.69) is 65.9 Å². The molecule has 0 N–H and O–H groups in total. The van der Waals surface area contributed by atoms with Gasteiger partial charge in [-0.25, -0.2) is 0 Å². The van der Waals surface area contributed by atoms with Crippen LogP contribution in [0.3, 0.4) is 0 Å². The topological polar surface area (TPSA) is 0 Å². The fourth-order valence-electron chi connectivity index (χ4n) is 1.95. The van der Waals surface area contributed by atoms with Crippen molar-refractivity contribution in [3.63, 3.8) is 0 Å². The average Bonchev–Trinajstić information content (AvgIpc) is 2.57. The summed E-state index contributed by atoms with van der Waals surface area (Å²) >= 11 is 4.28. The first-order valence-electron chi connectivity index (χ1n) is 4.83. The Bertz CT molecular complexity index is 652. The lowest BCUT2D eigenvalue weighted by Crippen LogP contribution is -1.75. The van der Waals surface area contributed by atoms with Gasteiger partial charge in [0, 0.05) is 23.7 Å². The average molecular weight is 324 g/mol. The van der Waals surface area contributed by atoms with Gasteiger partial charge in [0.1, 0.15) is 0 Å². The quantitative estimate of drug-likeness (QED) is 0.512. The van der Waals surface area contributed by atoms with Crippen molar-refractivity contribution in [2.45, 2.75) is 6.92 Å². The minimum absolute atomic E-state index is 1.32. The molecule has 0 saturated carbocycles. The smallest absolute Gasteiger partial charge is 0.0385 e. The van der Waals surface area contributed by atoms with Crippen molar-refractivity contribution in [2.75, 3.05) is 0 Å². The van der Waals surface area contributed by atoms with Crippen molar-refractivity contribution < 1.29 is 0 Å². The van der Waals surface area contributed by atoms with Crippen LogP contribution < -0.4 is 0 Å². The van der Waals surface area contributed by atoms with Crippen LogP contribution in [0.5, 0.6) is 0 Å². The molecule has 3 aromatic rings. The van der Waals surface area contributed by atoms with E-state index in [1.165, 1.54) is 29.3 Å². The first-order chi connectivity index (χ1) is 7.25. The van der Waals surface area contributed by atoms with Gasteiger partial charge in [0.25, 0.3) is 0 Å². The van der Waals surface area contributed by atoms with Gasteiger partial charge in [0.2, 0.25) is 0 Å². The lowest BCUT2D eigenvalue weighted by Gasteiger charge is -1.97. The molecule has 0 aliphatic carbocycles. The van der Waals surface area contributed by atoms with Crippen LogP contribution in [0.1, 0.15) is 5.56 Å². The number of halogens is 1. The summed E-state index contributed by atoms with van der Waals surface area (Å²) in [4.78, 5) is 0. The lowest BCUT2D eigenvalue weighted by molar-refractivity contribution is 1.53. The molecule has 2 aromatic carbocycles. The molecule has 15 heavy (non-hydrogen) atoms. The lowest BCUT2D eigenvalue weighted by atomic mass is 10.1. The number of benzene rings is 2. The summed E-state index contributed by atoms with van der Waals surface area (Å²) in [6.07, 6.45) is 0. The van der Waals surface area contributed by atoms with Crippen LogP contribution in [0.15, 0.2) is 36.4 Å². The molecule has 0 nitrogen and oxygen atoms in total. The number of aryl methyl sites for hydroxylation is 1. The van der Waals surface area contributed by atoms with E-state index in [-0.39, 0.29) is 0 Å². The summed E-state index contributed by atoms with van der Waals surface area (Å²) in [5.41, 5.74) is 1.39. The van der Waals surface area contributed by atoms with Crippen molar-refractivity contribution in [2.24, 2.45) is 0 Å². The van der Waals surface area contributed by atoms with Crippen LogP contribution in [-0.2, 0) is 0 Å². The maximum Gasteiger partial charge on any atom is 0.0385 e. The molecule has 0 radical (unpaired) electrons. The van der Waals surface area contributed by atoms with E-state index in [0.29, 0.717) is 0 Å². The number of rotatable bonds is 0. The van der Waals surface area contributed by atoms with E-state index < -0.39 is 0 Å². The highest BCUT2D eigenvalue weighted by Gasteiger charge is 2.06. The van der Waals surface area contributed by atoms with Gasteiger partial charge in [-0.2, -0.15) is 0 Å². The molecule has 0 aliphatic heterocycles. The predicted octanol–water partition coefficient (Wildman–Crippen LogP) is 4.97. The fraction of sp³-hybridized carbons (Fsp3) is 0.0769. The minimum Gasteiger partial charge on any atom is -0.135 e. The molecule has 0 unspecified atom stereocenters. The fourth-order valence-corrected chi connectivity index (χ4v) is 3.89. The third-order valence-electron chi connectivity index (χ3n) is 2.63. The third kappa shape index (κ3) is 1.47. The molecule has 74 valence electrons. The van der Waals surface area contributed by atoms with Gasteiger partial charge >= 0.3 is 0 Å². The first kappa shape index (κ1) is 9.60. The van der Waals surface area contributed by atoms with Crippen molar-refractivity contribution in [1.29, 1.82) is 0 Å². The van der Waals surface area contributed by atoms with Crippen molar-refractivity contribution in [1.82, 2.24) is 0 Å². The minimum atomic E-state index is 1.32. The number of hydrogen-bond acceptors (Lipinski definition) is 1. The molecule has 0 atom stereocenters. The molecule has 1 heterocycles. The van der Waals surface area contributed by atoms with Crippen LogP contribution in [0.2, 0.25) is 0 Å². The second-order valence-electron chi connectivity index (χ2n) is 3.70. The number of thiophene rings is 1. The number of hydrogen-bond donors (Lipinski definition) is 0. The van der Waals surface area contributed by atoms with Gasteiger partial charge in [0.05, 0.1) is 0 Å². The van der Waals surface area contributed by atoms with Gasteiger partial charge in [-0.15, -0.1) is 11.3 Å². The van der Waals surface area contributed by atoms with E-state index in [1.54, 1.807) is 0 Å². The molecule has 0 spiro atoms. The summed E-state index contributed by atoms with van der Waals surface area (Å²) < 4.78 is 4.13. The molecule has 3 rings (SSSR count). The van der Waals surface area contributed by atoms with E-state index in [4.69, 9.17) is 0 Å². The zero-order valence-electron chi connectivity index (χ0n) is 8.25. The molecule has 0 saturated heterocycles. The van der Waals surface area contributed by atoms with Crippen LogP contribution in [0.4, 0.5) is 0 Å². The zero-order chi connectivity index (χ0) is 10.4. The van der Waals surface area contributed by atoms with Crippen LogP contribution in [0.25, 0.3) is 20.2 Å². The maximum absolute atomic E-state index is 2.39. The van der Waals surface area contributed by atoms with Gasteiger partial charge in [0.15, 0.2) is 0 Å². The Morgan fingerprint density at radius 2 is 1.87 bits per heavy atom. The highest BCUT2D eigenvalue weighted by atomic mass is 127. The van der Waals surface area contributed by atoms with Crippen LogP contribution >= 0.6 is 33.9 Å². The van der Waals surface area contributed by atoms with Gasteiger partial charge in [-0.05, 0) is 53.3 Å². The Hall–Kier alpha value is -0.610. The Morgan fingerprint density at radius 1 is 1.07 bits per heavy atom. The number of fused-ring (bicyclic) bond motifs is 3. The zero-order valence-corrected chi connectivity index (χ0v) is 11.2. The molecule has 2 heteroatoms. The standard InChI is InChI=1S/C13H9IS/c1-8-6-9(14)7-11-10-4-2-3-5-12(10)15-13(8)11/h2-7H,1H3. The summed E-state index contributed by atoms with van der Waals surface area (Å²) in [5.74, 6) is 0. The molecule has 0 amide bonds. The summed E-state index contributed by atoms with van der Waals surface area (Å²) in [6, 6.07) is 13.2. The van der Waals surface area contributed by atoms with E-state index in [0.717, 1.165) is 0 Å². The van der Waals surface area contributed by atoms with Crippen molar-refractivity contribution in [3.05, 3.63) is 45.5 Å². The highest BCUT2D eigenvalue weighted by molar-refractivity contribution is 14.1.